The van der Waals surface area contributed by atoms with Crippen molar-refractivity contribution in [1.29, 1.82) is 0 Å². The van der Waals surface area contributed by atoms with Crippen LogP contribution in [0, 0.1) is 0 Å². The average Bonchev–Trinajstić information content (AvgIpc) is 3.43. The standard InChI is InChI=1S/C20H22N2O2S2/c1-23-16-5-6-17(19(10-16)24-2)20-21-15(13-26-20)11-22-8-3-4-18(22)14-7-9-25-12-14/h5-7,9-10,12-13,18H,3-4,8,11H2,1-2H3. The van der Waals surface area contributed by atoms with Crippen LogP contribution in [-0.4, -0.2) is 30.6 Å². The van der Waals surface area contributed by atoms with Crippen LogP contribution < -0.4 is 9.47 Å². The molecule has 1 aliphatic heterocycles. The van der Waals surface area contributed by atoms with E-state index in [1.807, 2.05) is 18.2 Å². The van der Waals surface area contributed by atoms with Gasteiger partial charge in [0.15, 0.2) is 0 Å². The van der Waals surface area contributed by atoms with Gasteiger partial charge in [-0.15, -0.1) is 11.3 Å². The van der Waals surface area contributed by atoms with Crippen molar-refractivity contribution in [3.63, 3.8) is 0 Å². The summed E-state index contributed by atoms with van der Waals surface area (Å²) in [6.45, 7) is 2.04. The molecule has 26 heavy (non-hydrogen) atoms. The number of hydrogen-bond donors (Lipinski definition) is 0. The fourth-order valence-electron chi connectivity index (χ4n) is 3.54. The number of methoxy groups -OCH3 is 2. The molecule has 0 amide bonds. The Morgan fingerprint density at radius 3 is 2.88 bits per heavy atom. The molecule has 0 N–H and O–H groups in total. The van der Waals surface area contributed by atoms with Crippen molar-refractivity contribution in [2.24, 2.45) is 0 Å². The summed E-state index contributed by atoms with van der Waals surface area (Å²) >= 11 is 3.45. The summed E-state index contributed by atoms with van der Waals surface area (Å²) in [5, 5.41) is 7.60. The number of thiophene rings is 1. The Morgan fingerprint density at radius 1 is 1.19 bits per heavy atom. The summed E-state index contributed by atoms with van der Waals surface area (Å²) in [6.07, 6.45) is 2.49. The predicted octanol–water partition coefficient (Wildman–Crippen LogP) is 5.23. The van der Waals surface area contributed by atoms with Crippen molar-refractivity contribution in [2.45, 2.75) is 25.4 Å². The Bertz CT molecular complexity index is 861. The van der Waals surface area contributed by atoms with E-state index in [1.165, 1.54) is 18.4 Å². The van der Waals surface area contributed by atoms with Gasteiger partial charge in [0.25, 0.3) is 0 Å². The van der Waals surface area contributed by atoms with Crippen LogP contribution in [0.5, 0.6) is 11.5 Å². The minimum absolute atomic E-state index is 0.530. The van der Waals surface area contributed by atoms with Crippen LogP contribution >= 0.6 is 22.7 Å². The van der Waals surface area contributed by atoms with Crippen molar-refractivity contribution < 1.29 is 9.47 Å². The second-order valence-corrected chi connectivity index (χ2v) is 8.03. The van der Waals surface area contributed by atoms with E-state index in [1.54, 1.807) is 36.9 Å². The molecule has 1 aliphatic rings. The summed E-state index contributed by atoms with van der Waals surface area (Å²) in [6, 6.07) is 8.66. The van der Waals surface area contributed by atoms with E-state index in [4.69, 9.17) is 14.5 Å². The van der Waals surface area contributed by atoms with Gasteiger partial charge in [-0.05, 0) is 53.9 Å². The van der Waals surface area contributed by atoms with E-state index < -0.39 is 0 Å². The van der Waals surface area contributed by atoms with Gasteiger partial charge < -0.3 is 9.47 Å². The third-order valence-electron chi connectivity index (χ3n) is 4.85. The average molecular weight is 387 g/mol. The first-order valence-electron chi connectivity index (χ1n) is 8.71. The van der Waals surface area contributed by atoms with Crippen LogP contribution in [-0.2, 0) is 6.54 Å². The van der Waals surface area contributed by atoms with E-state index in [-0.39, 0.29) is 0 Å². The summed E-state index contributed by atoms with van der Waals surface area (Å²) in [7, 11) is 3.35. The molecule has 136 valence electrons. The highest BCUT2D eigenvalue weighted by atomic mass is 32.1. The van der Waals surface area contributed by atoms with Crippen LogP contribution in [0.15, 0.2) is 40.4 Å². The van der Waals surface area contributed by atoms with Crippen molar-refractivity contribution in [1.82, 2.24) is 9.88 Å². The minimum atomic E-state index is 0.530. The van der Waals surface area contributed by atoms with E-state index in [2.05, 4.69) is 27.1 Å². The summed E-state index contributed by atoms with van der Waals surface area (Å²) in [5.74, 6) is 1.58. The third kappa shape index (κ3) is 3.49. The van der Waals surface area contributed by atoms with Crippen molar-refractivity contribution >= 4 is 22.7 Å². The number of nitrogens with zero attached hydrogens (tertiary/aromatic N) is 2. The second kappa shape index (κ2) is 7.78. The molecular formula is C20H22N2O2S2. The molecule has 4 nitrogen and oxygen atoms in total. The molecule has 1 atom stereocenters. The lowest BCUT2D eigenvalue weighted by Gasteiger charge is -2.22. The lowest BCUT2D eigenvalue weighted by atomic mass is 10.1. The van der Waals surface area contributed by atoms with Crippen molar-refractivity contribution in [3.05, 3.63) is 51.7 Å². The molecule has 0 saturated carbocycles. The van der Waals surface area contributed by atoms with Gasteiger partial charge in [-0.1, -0.05) is 0 Å². The van der Waals surface area contributed by atoms with Gasteiger partial charge in [-0.3, -0.25) is 4.90 Å². The minimum Gasteiger partial charge on any atom is -0.497 e. The molecule has 4 rings (SSSR count). The molecule has 1 fully saturated rings. The molecule has 1 saturated heterocycles. The molecule has 6 heteroatoms. The zero-order valence-electron chi connectivity index (χ0n) is 15.0. The molecule has 1 aromatic carbocycles. The van der Waals surface area contributed by atoms with Gasteiger partial charge in [-0.25, -0.2) is 4.98 Å². The largest absolute Gasteiger partial charge is 0.497 e. The molecule has 3 heterocycles. The highest BCUT2D eigenvalue weighted by molar-refractivity contribution is 7.13. The van der Waals surface area contributed by atoms with Crippen LogP contribution in [0.1, 0.15) is 30.1 Å². The Balaban J connectivity index is 1.53. The Kier molecular flexibility index (Phi) is 5.24. The summed E-state index contributed by atoms with van der Waals surface area (Å²) in [4.78, 5) is 7.43. The van der Waals surface area contributed by atoms with Gasteiger partial charge in [0.2, 0.25) is 0 Å². The maximum atomic E-state index is 5.53. The number of thiazole rings is 1. The topological polar surface area (TPSA) is 34.6 Å². The maximum absolute atomic E-state index is 5.53. The summed E-state index contributed by atoms with van der Waals surface area (Å²) < 4.78 is 10.8. The molecule has 0 radical (unpaired) electrons. The van der Waals surface area contributed by atoms with Gasteiger partial charge in [0, 0.05) is 24.0 Å². The Hall–Kier alpha value is -1.89. The SMILES string of the molecule is COc1ccc(-c2nc(CN3CCCC3c3ccsc3)cs2)c(OC)c1. The van der Waals surface area contributed by atoms with E-state index in [0.29, 0.717) is 6.04 Å². The quantitative estimate of drug-likeness (QED) is 0.581. The molecular weight excluding hydrogens is 364 g/mol. The maximum Gasteiger partial charge on any atom is 0.132 e. The number of ether oxygens (including phenoxy) is 2. The monoisotopic (exact) mass is 386 g/mol. The number of aromatic nitrogens is 1. The van der Waals surface area contributed by atoms with Crippen LogP contribution in [0.2, 0.25) is 0 Å². The zero-order chi connectivity index (χ0) is 17.9. The van der Waals surface area contributed by atoms with Gasteiger partial charge in [-0.2, -0.15) is 11.3 Å². The molecule has 0 spiro atoms. The number of rotatable bonds is 6. The van der Waals surface area contributed by atoms with E-state index in [9.17, 15) is 0 Å². The Morgan fingerprint density at radius 2 is 2.12 bits per heavy atom. The number of benzene rings is 1. The van der Waals surface area contributed by atoms with E-state index >= 15 is 0 Å². The molecule has 3 aromatic rings. The summed E-state index contributed by atoms with van der Waals surface area (Å²) in [5.41, 5.74) is 3.59. The van der Waals surface area contributed by atoms with Crippen molar-refractivity contribution in [2.75, 3.05) is 20.8 Å². The zero-order valence-corrected chi connectivity index (χ0v) is 16.6. The molecule has 1 unspecified atom stereocenters. The van der Waals surface area contributed by atoms with Crippen molar-refractivity contribution in [3.8, 4) is 22.1 Å². The fourth-order valence-corrected chi connectivity index (χ4v) is 5.09. The highest BCUT2D eigenvalue weighted by Crippen LogP contribution is 2.37. The second-order valence-electron chi connectivity index (χ2n) is 6.40. The highest BCUT2D eigenvalue weighted by Gasteiger charge is 2.27. The van der Waals surface area contributed by atoms with Gasteiger partial charge in [0.1, 0.15) is 16.5 Å². The van der Waals surface area contributed by atoms with E-state index in [0.717, 1.165) is 40.9 Å². The number of hydrogen-bond acceptors (Lipinski definition) is 6. The smallest absolute Gasteiger partial charge is 0.132 e. The third-order valence-corrected chi connectivity index (χ3v) is 6.47. The van der Waals surface area contributed by atoms with Gasteiger partial charge in [0.05, 0.1) is 25.5 Å². The first-order chi connectivity index (χ1) is 12.8. The first kappa shape index (κ1) is 17.5. The van der Waals surface area contributed by atoms with Gasteiger partial charge >= 0.3 is 0 Å². The molecule has 2 aromatic heterocycles. The lowest BCUT2D eigenvalue weighted by molar-refractivity contribution is 0.246. The van der Waals surface area contributed by atoms with Crippen LogP contribution in [0.25, 0.3) is 10.6 Å². The van der Waals surface area contributed by atoms with Crippen LogP contribution in [0.3, 0.4) is 0 Å². The lowest BCUT2D eigenvalue weighted by Crippen LogP contribution is -2.22. The van der Waals surface area contributed by atoms with Crippen LogP contribution in [0.4, 0.5) is 0 Å². The number of likely N-dealkylation sites (tertiary alicyclic amines) is 1. The predicted molar refractivity (Wildman–Crippen MR) is 107 cm³/mol. The first-order valence-corrected chi connectivity index (χ1v) is 10.5. The fraction of sp³-hybridized carbons (Fsp3) is 0.350. The molecule has 0 bridgehead atoms. The Labute approximate surface area is 162 Å². The molecule has 0 aliphatic carbocycles. The normalized spacial score (nSPS) is 17.5.